The largest absolute Gasteiger partial charge is 0.481 e. The fourth-order valence-corrected chi connectivity index (χ4v) is 6.85. The van der Waals surface area contributed by atoms with Gasteiger partial charge < -0.3 is 14.8 Å². The molecule has 1 aromatic carbocycles. The molecule has 3 heterocycles. The second-order valence-electron chi connectivity index (χ2n) is 6.62. The molecule has 4 rings (SSSR count). The van der Waals surface area contributed by atoms with Crippen molar-refractivity contribution in [1.29, 1.82) is 0 Å². The summed E-state index contributed by atoms with van der Waals surface area (Å²) in [5.41, 5.74) is 1.49. The number of carboxylic acids is 1. The van der Waals surface area contributed by atoms with Gasteiger partial charge in [-0.3, -0.25) is 4.79 Å². The summed E-state index contributed by atoms with van der Waals surface area (Å²) in [6.45, 7) is 1.30. The topological polar surface area (TPSA) is 99.7 Å². The van der Waals surface area contributed by atoms with E-state index in [1.54, 1.807) is 6.20 Å². The van der Waals surface area contributed by atoms with Gasteiger partial charge in [0.2, 0.25) is 10.0 Å². The molecule has 1 aliphatic rings. The Hall–Kier alpha value is -2.20. The van der Waals surface area contributed by atoms with Gasteiger partial charge in [0, 0.05) is 36.0 Å². The molecule has 28 heavy (non-hydrogen) atoms. The third-order valence-electron chi connectivity index (χ3n) is 4.75. The summed E-state index contributed by atoms with van der Waals surface area (Å²) < 4.78 is 33.8. The number of carbonyl (C=O) groups is 1. The zero-order valence-corrected chi connectivity index (χ0v) is 16.7. The minimum absolute atomic E-state index is 0.229. The molecule has 148 valence electrons. The molecule has 1 saturated heterocycles. The average molecular weight is 421 g/mol. The van der Waals surface area contributed by atoms with E-state index < -0.39 is 16.0 Å². The number of H-pyrrole nitrogens is 1. The quantitative estimate of drug-likeness (QED) is 0.638. The zero-order chi connectivity index (χ0) is 19.7. The first-order chi connectivity index (χ1) is 13.5. The number of hydrogen-bond donors (Lipinski definition) is 2. The maximum atomic E-state index is 13.5. The van der Waals surface area contributed by atoms with Crippen LogP contribution in [0.4, 0.5) is 0 Å². The van der Waals surface area contributed by atoms with Gasteiger partial charge in [0.25, 0.3) is 0 Å². The number of ether oxygens (including phenoxy) is 1. The Bertz CT molecular complexity index is 1100. The van der Waals surface area contributed by atoms with E-state index in [0.717, 1.165) is 5.56 Å². The van der Waals surface area contributed by atoms with Gasteiger partial charge in [-0.2, -0.15) is 4.31 Å². The number of benzene rings is 1. The molecule has 0 unspecified atom stereocenters. The van der Waals surface area contributed by atoms with Crippen molar-refractivity contribution in [3.63, 3.8) is 0 Å². The third kappa shape index (κ3) is 3.58. The van der Waals surface area contributed by atoms with Crippen LogP contribution in [0.3, 0.4) is 0 Å². The lowest BCUT2D eigenvalue weighted by molar-refractivity contribution is -0.136. The molecule has 1 aliphatic heterocycles. The second-order valence-corrected chi connectivity index (χ2v) is 9.60. The van der Waals surface area contributed by atoms with Crippen LogP contribution in [0.2, 0.25) is 0 Å². The van der Waals surface area contributed by atoms with Crippen molar-refractivity contribution in [1.82, 2.24) is 9.29 Å². The Morgan fingerprint density at radius 1 is 1.21 bits per heavy atom. The van der Waals surface area contributed by atoms with Crippen LogP contribution >= 0.6 is 11.3 Å². The number of hydrogen-bond acceptors (Lipinski definition) is 5. The van der Waals surface area contributed by atoms with Crippen molar-refractivity contribution in [2.75, 3.05) is 26.3 Å². The van der Waals surface area contributed by atoms with E-state index in [1.165, 1.54) is 15.6 Å². The summed E-state index contributed by atoms with van der Waals surface area (Å²) >= 11 is 1.37. The molecule has 3 aromatic rings. The highest BCUT2D eigenvalue weighted by molar-refractivity contribution is 7.89. The Kier molecular flexibility index (Phi) is 5.24. The first-order valence-electron chi connectivity index (χ1n) is 8.92. The fourth-order valence-electron chi connectivity index (χ4n) is 3.47. The van der Waals surface area contributed by atoms with E-state index >= 15 is 0 Å². The van der Waals surface area contributed by atoms with Gasteiger partial charge in [0.05, 0.1) is 19.6 Å². The fraction of sp³-hybridized carbons (Fsp3) is 0.316. The summed E-state index contributed by atoms with van der Waals surface area (Å²) in [6, 6.07) is 9.66. The summed E-state index contributed by atoms with van der Waals surface area (Å²) in [7, 11) is -3.77. The average Bonchev–Trinajstić information content (AvgIpc) is 3.22. The number of thiophene rings is 1. The number of carboxylic acid groups (broad SMARTS) is 1. The molecule has 0 radical (unpaired) electrons. The van der Waals surface area contributed by atoms with Gasteiger partial charge in [-0.1, -0.05) is 30.3 Å². The molecule has 1 fully saturated rings. The monoisotopic (exact) mass is 420 g/mol. The SMILES string of the molecule is O=C(O)Cc1c[nH]c2sc(Cc3ccccc3)c(S(=O)(=O)N3CCOCC3)c12. The molecule has 0 saturated carbocycles. The first kappa shape index (κ1) is 19.1. The molecule has 0 spiro atoms. The van der Waals surface area contributed by atoms with E-state index in [-0.39, 0.29) is 11.3 Å². The molecule has 0 atom stereocenters. The van der Waals surface area contributed by atoms with E-state index in [1.807, 2.05) is 30.3 Å². The maximum absolute atomic E-state index is 13.5. The van der Waals surface area contributed by atoms with E-state index in [2.05, 4.69) is 4.98 Å². The van der Waals surface area contributed by atoms with Gasteiger partial charge in [0.1, 0.15) is 9.73 Å². The number of aromatic amines is 1. The van der Waals surface area contributed by atoms with Crippen LogP contribution in [0.15, 0.2) is 41.4 Å². The van der Waals surface area contributed by atoms with Crippen LogP contribution in [0, 0.1) is 0 Å². The number of sulfonamides is 1. The van der Waals surface area contributed by atoms with Crippen LogP contribution in [-0.4, -0.2) is 55.1 Å². The number of rotatable bonds is 6. The van der Waals surface area contributed by atoms with E-state index in [4.69, 9.17) is 4.74 Å². The Labute approximate surface area is 166 Å². The number of nitrogens with zero attached hydrogens (tertiary/aromatic N) is 1. The maximum Gasteiger partial charge on any atom is 0.307 e. The first-order valence-corrected chi connectivity index (χ1v) is 11.2. The lowest BCUT2D eigenvalue weighted by atomic mass is 10.1. The summed E-state index contributed by atoms with van der Waals surface area (Å²) in [6.07, 6.45) is 1.84. The predicted octanol–water partition coefficient (Wildman–Crippen LogP) is 2.47. The van der Waals surface area contributed by atoms with Crippen LogP contribution in [0.25, 0.3) is 10.2 Å². The highest BCUT2D eigenvalue weighted by Gasteiger charge is 2.33. The van der Waals surface area contributed by atoms with Crippen molar-refractivity contribution in [2.45, 2.75) is 17.7 Å². The summed E-state index contributed by atoms with van der Waals surface area (Å²) in [5.74, 6) is -0.994. The van der Waals surface area contributed by atoms with Crippen molar-refractivity contribution < 1.29 is 23.1 Å². The van der Waals surface area contributed by atoms with Crippen LogP contribution in [0.1, 0.15) is 16.0 Å². The number of aliphatic carboxylic acids is 1. The van der Waals surface area contributed by atoms with Crippen LogP contribution < -0.4 is 0 Å². The molecule has 9 heteroatoms. The summed E-state index contributed by atoms with van der Waals surface area (Å²) in [5, 5.41) is 9.75. The smallest absolute Gasteiger partial charge is 0.307 e. The molecular formula is C19H20N2O5S2. The molecule has 2 aromatic heterocycles. The minimum Gasteiger partial charge on any atom is -0.481 e. The normalized spacial score (nSPS) is 15.9. The molecule has 7 nitrogen and oxygen atoms in total. The molecular weight excluding hydrogens is 400 g/mol. The van der Waals surface area contributed by atoms with Gasteiger partial charge in [-0.25, -0.2) is 8.42 Å². The van der Waals surface area contributed by atoms with Crippen molar-refractivity contribution in [3.8, 4) is 0 Å². The van der Waals surface area contributed by atoms with Gasteiger partial charge in [-0.05, 0) is 11.1 Å². The van der Waals surface area contributed by atoms with Crippen molar-refractivity contribution >= 4 is 37.5 Å². The van der Waals surface area contributed by atoms with Gasteiger partial charge in [0.15, 0.2) is 0 Å². The Balaban J connectivity index is 1.87. The number of morpholine rings is 1. The van der Waals surface area contributed by atoms with Crippen molar-refractivity contribution in [3.05, 3.63) is 52.5 Å². The number of aromatic nitrogens is 1. The highest BCUT2D eigenvalue weighted by atomic mass is 32.2. The lowest BCUT2D eigenvalue weighted by Crippen LogP contribution is -2.40. The molecule has 0 aliphatic carbocycles. The Morgan fingerprint density at radius 3 is 2.61 bits per heavy atom. The molecule has 0 bridgehead atoms. The number of fused-ring (bicyclic) bond motifs is 1. The van der Waals surface area contributed by atoms with Gasteiger partial charge in [-0.15, -0.1) is 11.3 Å². The lowest BCUT2D eigenvalue weighted by Gasteiger charge is -2.26. The predicted molar refractivity (Wildman–Crippen MR) is 106 cm³/mol. The van der Waals surface area contributed by atoms with Crippen LogP contribution in [-0.2, 0) is 32.4 Å². The standard InChI is InChI=1S/C19H20N2O5S2/c22-16(23)11-14-12-20-19-17(14)18(28(24,25)21-6-8-26-9-7-21)15(27-19)10-13-4-2-1-3-5-13/h1-5,12,20H,6-11H2,(H,22,23). The minimum atomic E-state index is -3.77. The van der Waals surface area contributed by atoms with Crippen LogP contribution in [0.5, 0.6) is 0 Å². The van der Waals surface area contributed by atoms with Crippen molar-refractivity contribution in [2.24, 2.45) is 0 Å². The van der Waals surface area contributed by atoms with E-state index in [9.17, 15) is 18.3 Å². The molecule has 0 amide bonds. The summed E-state index contributed by atoms with van der Waals surface area (Å²) in [4.78, 5) is 16.0. The number of nitrogens with one attached hydrogen (secondary N) is 1. The second kappa shape index (κ2) is 7.67. The highest BCUT2D eigenvalue weighted by Crippen LogP contribution is 2.39. The third-order valence-corrected chi connectivity index (χ3v) is 8.01. The zero-order valence-electron chi connectivity index (χ0n) is 15.1. The Morgan fingerprint density at radius 2 is 1.93 bits per heavy atom. The van der Waals surface area contributed by atoms with Gasteiger partial charge >= 0.3 is 5.97 Å². The molecule has 2 N–H and O–H groups in total. The van der Waals surface area contributed by atoms with E-state index in [0.29, 0.717) is 53.4 Å².